The van der Waals surface area contributed by atoms with Gasteiger partial charge in [-0.2, -0.15) is 4.31 Å². The number of aromatic nitrogens is 1. The third kappa shape index (κ3) is 4.00. The topological polar surface area (TPSA) is 93.4 Å². The minimum absolute atomic E-state index is 0.105. The smallest absolute Gasteiger partial charge is 0.358 e. The first kappa shape index (κ1) is 16.1. The lowest BCUT2D eigenvalue weighted by atomic mass is 10.5. The fraction of sp³-hybridized carbons (Fsp3) is 0.444. The molecule has 0 fully saturated rings. The van der Waals surface area contributed by atoms with Crippen LogP contribution in [0.25, 0.3) is 0 Å². The van der Waals surface area contributed by atoms with Gasteiger partial charge in [-0.15, -0.1) is 23.2 Å². The van der Waals surface area contributed by atoms with Gasteiger partial charge in [0.25, 0.3) is 0 Å². The zero-order valence-electron chi connectivity index (χ0n) is 9.70. The lowest BCUT2D eigenvalue weighted by Crippen LogP contribution is -2.34. The maximum atomic E-state index is 12.2. The summed E-state index contributed by atoms with van der Waals surface area (Å²) in [6.07, 6.45) is 0.947. The second-order valence-corrected chi connectivity index (χ2v) is 6.09. The molecule has 0 bridgehead atoms. The van der Waals surface area contributed by atoms with E-state index in [-0.39, 0.29) is 29.7 Å². The van der Waals surface area contributed by atoms with Gasteiger partial charge in [0, 0.05) is 30.9 Å². The van der Waals surface area contributed by atoms with E-state index < -0.39 is 20.8 Å². The lowest BCUT2D eigenvalue weighted by Gasteiger charge is -2.19. The van der Waals surface area contributed by atoms with Crippen LogP contribution in [0.15, 0.2) is 23.2 Å². The van der Waals surface area contributed by atoms with Gasteiger partial charge in [0.1, 0.15) is 4.90 Å². The van der Waals surface area contributed by atoms with Crippen molar-refractivity contribution in [1.29, 1.82) is 0 Å². The van der Waals surface area contributed by atoms with Crippen LogP contribution < -0.4 is 0 Å². The molecule has 1 rings (SSSR count). The fourth-order valence-electron chi connectivity index (χ4n) is 1.32. The Morgan fingerprint density at radius 3 is 2.21 bits per heavy atom. The Hall–Kier alpha value is -0.960. The highest BCUT2D eigenvalue weighted by molar-refractivity contribution is 7.89. The van der Waals surface area contributed by atoms with Gasteiger partial charge in [-0.25, -0.2) is 8.42 Å². The molecule has 1 heterocycles. The molecule has 0 unspecified atom stereocenters. The van der Waals surface area contributed by atoms with E-state index in [2.05, 4.69) is 4.98 Å². The van der Waals surface area contributed by atoms with Crippen molar-refractivity contribution in [2.45, 2.75) is 4.90 Å². The summed E-state index contributed by atoms with van der Waals surface area (Å²) in [5.74, 6) is -0.173. The summed E-state index contributed by atoms with van der Waals surface area (Å²) >= 11 is 11.1. The molecular formula is C9H11Cl2N3O4S. The first-order chi connectivity index (χ1) is 8.93. The molecule has 0 aliphatic heterocycles. The highest BCUT2D eigenvalue weighted by Crippen LogP contribution is 2.17. The predicted octanol–water partition coefficient (Wildman–Crippen LogP) is 1.46. The number of nitro groups is 1. The van der Waals surface area contributed by atoms with Crippen LogP contribution in [0.5, 0.6) is 0 Å². The van der Waals surface area contributed by atoms with E-state index in [4.69, 9.17) is 23.2 Å². The molecule has 0 aliphatic carbocycles. The molecule has 0 aliphatic rings. The SMILES string of the molecule is O=[N+]([O-])c1ccc(S(=O)(=O)N(CCCl)CCCl)cn1. The van der Waals surface area contributed by atoms with E-state index in [1.807, 2.05) is 0 Å². The Bertz CT molecular complexity index is 529. The van der Waals surface area contributed by atoms with E-state index in [1.165, 1.54) is 0 Å². The molecule has 0 amide bonds. The third-order valence-corrected chi connectivity index (χ3v) is 4.43. The van der Waals surface area contributed by atoms with Crippen molar-refractivity contribution in [3.63, 3.8) is 0 Å². The highest BCUT2D eigenvalue weighted by Gasteiger charge is 2.25. The van der Waals surface area contributed by atoms with Gasteiger partial charge in [-0.05, 0) is 16.0 Å². The number of hydrogen-bond donors (Lipinski definition) is 0. The maximum Gasteiger partial charge on any atom is 0.363 e. The molecule has 0 N–H and O–H groups in total. The molecule has 19 heavy (non-hydrogen) atoms. The Morgan fingerprint density at radius 1 is 1.26 bits per heavy atom. The van der Waals surface area contributed by atoms with Crippen molar-refractivity contribution >= 4 is 39.0 Å². The zero-order valence-corrected chi connectivity index (χ0v) is 12.0. The van der Waals surface area contributed by atoms with Crippen LogP contribution >= 0.6 is 23.2 Å². The second kappa shape index (κ2) is 6.99. The quantitative estimate of drug-likeness (QED) is 0.429. The first-order valence-corrected chi connectivity index (χ1v) is 7.67. The summed E-state index contributed by atoms with van der Waals surface area (Å²) in [7, 11) is -3.79. The van der Waals surface area contributed by atoms with Gasteiger partial charge in [0.05, 0.1) is 0 Å². The van der Waals surface area contributed by atoms with Crippen LogP contribution in [0.2, 0.25) is 0 Å². The van der Waals surface area contributed by atoms with Gasteiger partial charge in [-0.3, -0.25) is 0 Å². The normalized spacial score (nSPS) is 11.7. The first-order valence-electron chi connectivity index (χ1n) is 5.16. The largest absolute Gasteiger partial charge is 0.363 e. The molecule has 106 valence electrons. The number of nitrogens with zero attached hydrogens (tertiary/aromatic N) is 3. The van der Waals surface area contributed by atoms with Crippen LogP contribution in [0.1, 0.15) is 0 Å². The van der Waals surface area contributed by atoms with Crippen molar-refractivity contribution in [2.24, 2.45) is 0 Å². The van der Waals surface area contributed by atoms with Crippen LogP contribution in [0.4, 0.5) is 5.82 Å². The van der Waals surface area contributed by atoms with Crippen molar-refractivity contribution in [2.75, 3.05) is 24.8 Å². The van der Waals surface area contributed by atoms with Crippen LogP contribution in [-0.2, 0) is 10.0 Å². The Morgan fingerprint density at radius 2 is 1.84 bits per heavy atom. The average Bonchev–Trinajstić information content (AvgIpc) is 2.38. The summed E-state index contributed by atoms with van der Waals surface area (Å²) in [6.45, 7) is 0.210. The number of hydrogen-bond acceptors (Lipinski definition) is 5. The summed E-state index contributed by atoms with van der Waals surface area (Å²) < 4.78 is 25.5. The van der Waals surface area contributed by atoms with E-state index in [9.17, 15) is 18.5 Å². The molecule has 0 aromatic carbocycles. The summed E-state index contributed by atoms with van der Waals surface area (Å²) in [5, 5.41) is 10.4. The molecule has 1 aromatic heterocycles. The van der Waals surface area contributed by atoms with Crippen molar-refractivity contribution in [3.05, 3.63) is 28.4 Å². The predicted molar refractivity (Wildman–Crippen MR) is 71.1 cm³/mol. The van der Waals surface area contributed by atoms with Crippen LogP contribution in [-0.4, -0.2) is 47.5 Å². The molecule has 7 nitrogen and oxygen atoms in total. The van der Waals surface area contributed by atoms with Crippen molar-refractivity contribution in [3.8, 4) is 0 Å². The lowest BCUT2D eigenvalue weighted by molar-refractivity contribution is -0.389. The summed E-state index contributed by atoms with van der Waals surface area (Å²) in [5.41, 5.74) is 0. The monoisotopic (exact) mass is 327 g/mol. The highest BCUT2D eigenvalue weighted by atomic mass is 35.5. The number of alkyl halides is 2. The Labute approximate surface area is 120 Å². The summed E-state index contributed by atoms with van der Waals surface area (Å²) in [6, 6.07) is 2.17. The minimum Gasteiger partial charge on any atom is -0.358 e. The molecule has 0 saturated heterocycles. The zero-order chi connectivity index (χ0) is 14.5. The second-order valence-electron chi connectivity index (χ2n) is 3.39. The van der Waals surface area contributed by atoms with E-state index >= 15 is 0 Å². The molecule has 0 spiro atoms. The average molecular weight is 328 g/mol. The fourth-order valence-corrected chi connectivity index (χ4v) is 3.32. The maximum absolute atomic E-state index is 12.2. The van der Waals surface area contributed by atoms with Gasteiger partial charge in [-0.1, -0.05) is 0 Å². The number of halogens is 2. The van der Waals surface area contributed by atoms with Gasteiger partial charge < -0.3 is 10.1 Å². The molecule has 0 atom stereocenters. The molecule has 0 saturated carbocycles. The van der Waals surface area contributed by atoms with Crippen LogP contribution in [0, 0.1) is 10.1 Å². The Kier molecular flexibility index (Phi) is 5.92. The third-order valence-electron chi connectivity index (χ3n) is 2.21. The van der Waals surface area contributed by atoms with Crippen molar-refractivity contribution < 1.29 is 13.3 Å². The molecular weight excluding hydrogens is 317 g/mol. The molecule has 0 radical (unpaired) electrons. The number of rotatable bonds is 7. The summed E-state index contributed by atoms with van der Waals surface area (Å²) in [4.78, 5) is 13.1. The number of pyridine rings is 1. The van der Waals surface area contributed by atoms with E-state index in [0.29, 0.717) is 0 Å². The van der Waals surface area contributed by atoms with Crippen molar-refractivity contribution in [1.82, 2.24) is 9.29 Å². The van der Waals surface area contributed by atoms with E-state index in [1.54, 1.807) is 0 Å². The Balaban J connectivity index is 3.07. The minimum atomic E-state index is -3.79. The van der Waals surface area contributed by atoms with E-state index in [0.717, 1.165) is 22.6 Å². The number of sulfonamides is 1. The van der Waals surface area contributed by atoms with Gasteiger partial charge in [0.2, 0.25) is 10.0 Å². The van der Waals surface area contributed by atoms with Gasteiger partial charge in [0.15, 0.2) is 6.20 Å². The molecule has 10 heteroatoms. The van der Waals surface area contributed by atoms with Gasteiger partial charge >= 0.3 is 5.82 Å². The molecule has 1 aromatic rings. The standard InChI is InChI=1S/C9H11Cl2N3O4S/c10-3-5-13(6-4-11)19(17,18)8-1-2-9(12-7-8)14(15)16/h1-2,7H,3-6H2. The van der Waals surface area contributed by atoms with Crippen LogP contribution in [0.3, 0.4) is 0 Å².